The monoisotopic (exact) mass is 279 g/mol. The Kier molecular flexibility index (Phi) is 5.71. The van der Waals surface area contributed by atoms with E-state index in [-0.39, 0.29) is 6.42 Å². The summed E-state index contributed by atoms with van der Waals surface area (Å²) in [5, 5.41) is 11.0. The molecule has 1 aromatic carbocycles. The zero-order valence-corrected chi connectivity index (χ0v) is 11.3. The van der Waals surface area contributed by atoms with Crippen molar-refractivity contribution < 1.29 is 24.2 Å². The third kappa shape index (κ3) is 5.09. The maximum absolute atomic E-state index is 11.7. The highest BCUT2D eigenvalue weighted by Gasteiger charge is 2.22. The zero-order chi connectivity index (χ0) is 15.1. The number of ether oxygens (including phenoxy) is 1. The molecule has 0 aliphatic rings. The van der Waals surface area contributed by atoms with Crippen molar-refractivity contribution in [3.05, 3.63) is 30.3 Å². The molecule has 6 heteroatoms. The maximum atomic E-state index is 11.7. The van der Waals surface area contributed by atoms with Crippen LogP contribution in [0.4, 0.5) is 0 Å². The lowest BCUT2D eigenvalue weighted by atomic mass is 10.1. The van der Waals surface area contributed by atoms with Crippen LogP contribution in [-0.4, -0.2) is 29.0 Å². The van der Waals surface area contributed by atoms with Crippen molar-refractivity contribution in [3.63, 3.8) is 0 Å². The van der Waals surface area contributed by atoms with E-state index < -0.39 is 29.8 Å². The molecule has 0 aromatic heterocycles. The molecule has 2 atom stereocenters. The van der Waals surface area contributed by atoms with Gasteiger partial charge in [-0.1, -0.05) is 25.1 Å². The molecule has 1 unspecified atom stereocenters. The Labute approximate surface area is 116 Å². The molecule has 1 amide bonds. The predicted octanol–water partition coefficient (Wildman–Crippen LogP) is 1.21. The Morgan fingerprint density at radius 3 is 2.35 bits per heavy atom. The predicted molar refractivity (Wildman–Crippen MR) is 71.1 cm³/mol. The Morgan fingerprint density at radius 2 is 1.80 bits per heavy atom. The highest BCUT2D eigenvalue weighted by Crippen LogP contribution is 2.09. The van der Waals surface area contributed by atoms with Crippen LogP contribution in [-0.2, 0) is 14.4 Å². The van der Waals surface area contributed by atoms with E-state index in [1.54, 1.807) is 30.3 Å². The molecule has 0 bridgehead atoms. The van der Waals surface area contributed by atoms with Crippen LogP contribution in [0.15, 0.2) is 30.3 Å². The van der Waals surface area contributed by atoms with E-state index in [0.29, 0.717) is 5.75 Å². The van der Waals surface area contributed by atoms with Crippen molar-refractivity contribution in [1.29, 1.82) is 0 Å². The van der Waals surface area contributed by atoms with Gasteiger partial charge in [0.15, 0.2) is 0 Å². The number of hydrogen-bond acceptors (Lipinski definition) is 4. The van der Waals surface area contributed by atoms with Gasteiger partial charge in [0, 0.05) is 5.92 Å². The molecule has 0 saturated heterocycles. The molecule has 2 N–H and O–H groups in total. The summed E-state index contributed by atoms with van der Waals surface area (Å²) in [5.74, 6) is -2.49. The van der Waals surface area contributed by atoms with Gasteiger partial charge in [0.2, 0.25) is 5.91 Å². The summed E-state index contributed by atoms with van der Waals surface area (Å²) in [5.41, 5.74) is 0. The first-order valence-corrected chi connectivity index (χ1v) is 6.19. The van der Waals surface area contributed by atoms with Gasteiger partial charge >= 0.3 is 11.9 Å². The summed E-state index contributed by atoms with van der Waals surface area (Å²) in [6, 6.07) is 7.63. The lowest BCUT2D eigenvalue weighted by molar-refractivity contribution is -0.142. The van der Waals surface area contributed by atoms with E-state index in [2.05, 4.69) is 5.32 Å². The molecule has 0 aliphatic heterocycles. The van der Waals surface area contributed by atoms with Crippen molar-refractivity contribution >= 4 is 17.8 Å². The average molecular weight is 279 g/mol. The van der Waals surface area contributed by atoms with E-state index in [0.717, 1.165) is 0 Å². The summed E-state index contributed by atoms with van der Waals surface area (Å²) in [6.45, 7) is 2.97. The maximum Gasteiger partial charge on any atom is 0.333 e. The number of benzene rings is 1. The number of para-hydroxylation sites is 1. The molecule has 1 aromatic rings. The number of amides is 1. The van der Waals surface area contributed by atoms with Gasteiger partial charge in [0.1, 0.15) is 11.8 Å². The van der Waals surface area contributed by atoms with E-state index >= 15 is 0 Å². The van der Waals surface area contributed by atoms with Gasteiger partial charge < -0.3 is 15.2 Å². The van der Waals surface area contributed by atoms with Crippen LogP contribution in [0.1, 0.15) is 20.3 Å². The third-order valence-electron chi connectivity index (χ3n) is 2.60. The zero-order valence-electron chi connectivity index (χ0n) is 11.3. The molecular formula is C14H17NO5. The van der Waals surface area contributed by atoms with Crippen molar-refractivity contribution in [1.82, 2.24) is 5.32 Å². The molecular weight excluding hydrogens is 262 g/mol. The van der Waals surface area contributed by atoms with Gasteiger partial charge in [-0.3, -0.25) is 9.59 Å². The first-order valence-electron chi connectivity index (χ1n) is 6.19. The Morgan fingerprint density at radius 1 is 1.20 bits per heavy atom. The fourth-order valence-electron chi connectivity index (χ4n) is 1.46. The highest BCUT2D eigenvalue weighted by atomic mass is 16.5. The fraction of sp³-hybridized carbons (Fsp3) is 0.357. The van der Waals surface area contributed by atoms with Crippen LogP contribution in [0.3, 0.4) is 0 Å². The van der Waals surface area contributed by atoms with Crippen molar-refractivity contribution in [2.75, 3.05) is 0 Å². The second-order valence-corrected chi connectivity index (χ2v) is 4.46. The van der Waals surface area contributed by atoms with Gasteiger partial charge in [0.25, 0.3) is 0 Å². The number of rotatable bonds is 6. The SMILES string of the molecule is CC(CC(=O)O)C(=O)N[C@@H](C)C(=O)Oc1ccccc1. The van der Waals surface area contributed by atoms with Crippen molar-refractivity contribution in [3.8, 4) is 5.75 Å². The lowest BCUT2D eigenvalue weighted by Gasteiger charge is -2.15. The molecule has 20 heavy (non-hydrogen) atoms. The number of carbonyl (C=O) groups is 3. The number of carbonyl (C=O) groups excluding carboxylic acids is 2. The fourth-order valence-corrected chi connectivity index (χ4v) is 1.46. The van der Waals surface area contributed by atoms with Crippen LogP contribution in [0, 0.1) is 5.92 Å². The summed E-state index contributed by atoms with van der Waals surface area (Å²) in [6.07, 6.45) is -0.285. The van der Waals surface area contributed by atoms with Crippen molar-refractivity contribution in [2.45, 2.75) is 26.3 Å². The summed E-state index contributed by atoms with van der Waals surface area (Å²) in [7, 11) is 0. The summed E-state index contributed by atoms with van der Waals surface area (Å²) in [4.78, 5) is 33.9. The van der Waals surface area contributed by atoms with Crippen LogP contribution in [0.25, 0.3) is 0 Å². The molecule has 0 saturated carbocycles. The summed E-state index contributed by atoms with van der Waals surface area (Å²) >= 11 is 0. The Balaban J connectivity index is 2.49. The molecule has 0 radical (unpaired) electrons. The molecule has 108 valence electrons. The largest absolute Gasteiger partial charge is 0.481 e. The van der Waals surface area contributed by atoms with Crippen LogP contribution in [0.5, 0.6) is 5.75 Å². The molecule has 1 rings (SSSR count). The summed E-state index contributed by atoms with van der Waals surface area (Å²) < 4.78 is 5.07. The topological polar surface area (TPSA) is 92.7 Å². The molecule has 0 spiro atoms. The van der Waals surface area contributed by atoms with E-state index in [1.165, 1.54) is 13.8 Å². The number of carboxylic acids is 1. The van der Waals surface area contributed by atoms with Gasteiger partial charge in [-0.15, -0.1) is 0 Å². The van der Waals surface area contributed by atoms with Crippen LogP contribution >= 0.6 is 0 Å². The average Bonchev–Trinajstić information content (AvgIpc) is 2.38. The molecule has 0 heterocycles. The van der Waals surface area contributed by atoms with Crippen LogP contribution < -0.4 is 10.1 Å². The Hall–Kier alpha value is -2.37. The molecule has 0 fully saturated rings. The minimum Gasteiger partial charge on any atom is -0.481 e. The lowest BCUT2D eigenvalue weighted by Crippen LogP contribution is -2.43. The van der Waals surface area contributed by atoms with E-state index in [4.69, 9.17) is 9.84 Å². The van der Waals surface area contributed by atoms with E-state index in [1.807, 2.05) is 0 Å². The van der Waals surface area contributed by atoms with Gasteiger partial charge in [-0.2, -0.15) is 0 Å². The Bertz CT molecular complexity index is 486. The minimum atomic E-state index is -1.06. The molecule has 6 nitrogen and oxygen atoms in total. The molecule has 0 aliphatic carbocycles. The third-order valence-corrected chi connectivity index (χ3v) is 2.60. The van der Waals surface area contributed by atoms with Gasteiger partial charge in [0.05, 0.1) is 6.42 Å². The van der Waals surface area contributed by atoms with Crippen LogP contribution in [0.2, 0.25) is 0 Å². The van der Waals surface area contributed by atoms with Crippen molar-refractivity contribution in [2.24, 2.45) is 5.92 Å². The van der Waals surface area contributed by atoms with Gasteiger partial charge in [-0.25, -0.2) is 4.79 Å². The first-order chi connectivity index (χ1) is 9.40. The first kappa shape index (κ1) is 15.7. The number of carboxylic acid groups (broad SMARTS) is 1. The second-order valence-electron chi connectivity index (χ2n) is 4.46. The number of aliphatic carboxylic acids is 1. The second kappa shape index (κ2) is 7.28. The number of hydrogen-bond donors (Lipinski definition) is 2. The number of esters is 1. The van der Waals surface area contributed by atoms with E-state index in [9.17, 15) is 14.4 Å². The number of nitrogens with one attached hydrogen (secondary N) is 1. The standard InChI is InChI=1S/C14H17NO5/c1-9(8-12(16)17)13(18)15-10(2)14(19)20-11-6-4-3-5-7-11/h3-7,9-10H,8H2,1-2H3,(H,15,18)(H,16,17)/t9?,10-/m0/s1. The minimum absolute atomic E-state index is 0.285. The normalized spacial score (nSPS) is 13.1. The quantitative estimate of drug-likeness (QED) is 0.603. The smallest absolute Gasteiger partial charge is 0.333 e. The highest BCUT2D eigenvalue weighted by molar-refractivity contribution is 5.88. The van der Waals surface area contributed by atoms with Gasteiger partial charge in [-0.05, 0) is 19.1 Å².